The molecule has 0 aromatic heterocycles. The van der Waals surface area contributed by atoms with Gasteiger partial charge in [0.1, 0.15) is 0 Å². The Morgan fingerprint density at radius 3 is 2.58 bits per heavy atom. The van der Waals surface area contributed by atoms with E-state index in [9.17, 15) is 8.42 Å². The van der Waals surface area contributed by atoms with Gasteiger partial charge in [0.05, 0.1) is 11.5 Å². The highest BCUT2D eigenvalue weighted by atomic mass is 32.2. The quantitative estimate of drug-likeness (QED) is 0.780. The minimum atomic E-state index is -2.70. The molecule has 0 radical (unpaired) electrons. The Bertz CT molecular complexity index is 381. The summed E-state index contributed by atoms with van der Waals surface area (Å²) in [5, 5.41) is 0. The molecule has 0 aromatic rings. The molecule has 0 amide bonds. The fourth-order valence-electron chi connectivity index (χ4n) is 3.20. The molecular weight excluding hydrogens is 260 g/mol. The number of rotatable bonds is 4. The van der Waals surface area contributed by atoms with Crippen molar-refractivity contribution in [1.82, 2.24) is 9.80 Å². The number of nitrogens with zero attached hydrogens (tertiary/aromatic N) is 2. The molecule has 1 atom stereocenters. The summed E-state index contributed by atoms with van der Waals surface area (Å²) < 4.78 is 22.9. The first kappa shape index (κ1) is 15.3. The summed E-state index contributed by atoms with van der Waals surface area (Å²) in [5.74, 6) is 1.26. The van der Waals surface area contributed by atoms with Gasteiger partial charge in [0.15, 0.2) is 9.84 Å². The lowest BCUT2D eigenvalue weighted by Gasteiger charge is -2.25. The Kier molecular flexibility index (Phi) is 5.26. The van der Waals surface area contributed by atoms with Gasteiger partial charge in [-0.3, -0.25) is 4.90 Å². The molecule has 2 saturated heterocycles. The van der Waals surface area contributed by atoms with E-state index >= 15 is 0 Å². The van der Waals surface area contributed by atoms with Gasteiger partial charge in [-0.1, -0.05) is 0 Å². The molecule has 2 aliphatic heterocycles. The molecule has 19 heavy (non-hydrogen) atoms. The molecule has 4 nitrogen and oxygen atoms in total. The standard InChI is InChI=1S/C14H28N2O2S/c1-13(2)16-7-3-6-15(9-10-16)8-4-14-5-11-19(17,18)12-14/h13-14H,3-12H2,1-2H3. The zero-order valence-corrected chi connectivity index (χ0v) is 13.2. The summed E-state index contributed by atoms with van der Waals surface area (Å²) in [6, 6.07) is 0.639. The first-order chi connectivity index (χ1) is 8.96. The minimum absolute atomic E-state index is 0.412. The molecule has 0 aliphatic carbocycles. The van der Waals surface area contributed by atoms with Gasteiger partial charge >= 0.3 is 0 Å². The predicted molar refractivity (Wildman–Crippen MR) is 79.1 cm³/mol. The highest BCUT2D eigenvalue weighted by Crippen LogP contribution is 2.22. The van der Waals surface area contributed by atoms with Gasteiger partial charge in [-0.2, -0.15) is 0 Å². The number of hydrogen-bond acceptors (Lipinski definition) is 4. The van der Waals surface area contributed by atoms with Crippen LogP contribution in [0.25, 0.3) is 0 Å². The summed E-state index contributed by atoms with van der Waals surface area (Å²) in [5.41, 5.74) is 0. The maximum absolute atomic E-state index is 11.4. The van der Waals surface area contributed by atoms with Crippen LogP contribution in [-0.2, 0) is 9.84 Å². The van der Waals surface area contributed by atoms with E-state index in [0.717, 1.165) is 32.5 Å². The van der Waals surface area contributed by atoms with Crippen LogP contribution in [0.5, 0.6) is 0 Å². The van der Waals surface area contributed by atoms with Crippen LogP contribution in [0.2, 0.25) is 0 Å². The van der Waals surface area contributed by atoms with Crippen molar-refractivity contribution in [3.63, 3.8) is 0 Å². The van der Waals surface area contributed by atoms with Gasteiger partial charge < -0.3 is 4.90 Å². The van der Waals surface area contributed by atoms with Crippen molar-refractivity contribution in [2.24, 2.45) is 5.92 Å². The van der Waals surface area contributed by atoms with Crippen LogP contribution >= 0.6 is 0 Å². The van der Waals surface area contributed by atoms with Gasteiger partial charge in [-0.25, -0.2) is 8.42 Å². The molecular formula is C14H28N2O2S. The van der Waals surface area contributed by atoms with E-state index in [1.165, 1.54) is 19.5 Å². The fourth-order valence-corrected chi connectivity index (χ4v) is 5.11. The van der Waals surface area contributed by atoms with E-state index in [1.807, 2.05) is 0 Å². The molecule has 0 saturated carbocycles. The lowest BCUT2D eigenvalue weighted by molar-refractivity contribution is 0.216. The molecule has 0 aromatic carbocycles. The van der Waals surface area contributed by atoms with E-state index < -0.39 is 9.84 Å². The van der Waals surface area contributed by atoms with E-state index in [2.05, 4.69) is 23.6 Å². The highest BCUT2D eigenvalue weighted by Gasteiger charge is 2.28. The zero-order valence-electron chi connectivity index (χ0n) is 12.3. The van der Waals surface area contributed by atoms with E-state index in [4.69, 9.17) is 0 Å². The van der Waals surface area contributed by atoms with Crippen molar-refractivity contribution in [3.05, 3.63) is 0 Å². The minimum Gasteiger partial charge on any atom is -0.302 e. The van der Waals surface area contributed by atoms with Crippen molar-refractivity contribution >= 4 is 9.84 Å². The Morgan fingerprint density at radius 2 is 1.95 bits per heavy atom. The van der Waals surface area contributed by atoms with Crippen molar-refractivity contribution in [1.29, 1.82) is 0 Å². The van der Waals surface area contributed by atoms with Crippen molar-refractivity contribution < 1.29 is 8.42 Å². The van der Waals surface area contributed by atoms with E-state index in [1.54, 1.807) is 0 Å². The smallest absolute Gasteiger partial charge is 0.150 e. The maximum atomic E-state index is 11.4. The molecule has 2 aliphatic rings. The molecule has 112 valence electrons. The number of sulfone groups is 1. The van der Waals surface area contributed by atoms with E-state index in [0.29, 0.717) is 23.5 Å². The summed E-state index contributed by atoms with van der Waals surface area (Å²) in [6.07, 6.45) is 3.18. The molecule has 2 fully saturated rings. The van der Waals surface area contributed by atoms with Crippen molar-refractivity contribution in [3.8, 4) is 0 Å². The van der Waals surface area contributed by atoms with Crippen molar-refractivity contribution in [2.75, 3.05) is 44.2 Å². The zero-order chi connectivity index (χ0) is 13.9. The second-order valence-electron chi connectivity index (χ2n) is 6.38. The molecule has 0 N–H and O–H groups in total. The van der Waals surface area contributed by atoms with Crippen LogP contribution in [0.15, 0.2) is 0 Å². The molecule has 1 unspecified atom stereocenters. The second-order valence-corrected chi connectivity index (χ2v) is 8.61. The van der Waals surface area contributed by atoms with Gasteiger partial charge in [0, 0.05) is 19.1 Å². The van der Waals surface area contributed by atoms with Crippen LogP contribution < -0.4 is 0 Å². The maximum Gasteiger partial charge on any atom is 0.150 e. The third-order valence-electron chi connectivity index (χ3n) is 4.53. The normalized spacial score (nSPS) is 29.7. The molecule has 2 rings (SSSR count). The fraction of sp³-hybridized carbons (Fsp3) is 1.00. The average Bonchev–Trinajstić information content (AvgIpc) is 2.56. The molecule has 0 spiro atoms. The third kappa shape index (κ3) is 4.72. The Morgan fingerprint density at radius 1 is 1.16 bits per heavy atom. The van der Waals surface area contributed by atoms with Gasteiger partial charge in [0.2, 0.25) is 0 Å². The lowest BCUT2D eigenvalue weighted by atomic mass is 10.1. The summed E-state index contributed by atoms with van der Waals surface area (Å²) in [6.45, 7) is 10.3. The van der Waals surface area contributed by atoms with Crippen LogP contribution in [-0.4, -0.2) is 68.5 Å². The lowest BCUT2D eigenvalue weighted by Crippen LogP contribution is -2.35. The van der Waals surface area contributed by atoms with Crippen LogP contribution in [0.4, 0.5) is 0 Å². The summed E-state index contributed by atoms with van der Waals surface area (Å²) in [7, 11) is -2.70. The highest BCUT2D eigenvalue weighted by molar-refractivity contribution is 7.91. The van der Waals surface area contributed by atoms with Crippen LogP contribution in [0, 0.1) is 5.92 Å². The topological polar surface area (TPSA) is 40.6 Å². The SMILES string of the molecule is CC(C)N1CCCN(CCC2CCS(=O)(=O)C2)CC1. The Hall–Kier alpha value is -0.130. The Balaban J connectivity index is 1.72. The molecule has 2 heterocycles. The van der Waals surface area contributed by atoms with E-state index in [-0.39, 0.29) is 0 Å². The molecule has 0 bridgehead atoms. The van der Waals surface area contributed by atoms with Gasteiger partial charge in [-0.15, -0.1) is 0 Å². The van der Waals surface area contributed by atoms with Gasteiger partial charge in [-0.05, 0) is 58.7 Å². The monoisotopic (exact) mass is 288 g/mol. The van der Waals surface area contributed by atoms with Crippen LogP contribution in [0.1, 0.15) is 33.1 Å². The predicted octanol–water partition coefficient (Wildman–Crippen LogP) is 1.23. The van der Waals surface area contributed by atoms with Crippen LogP contribution in [0.3, 0.4) is 0 Å². The summed E-state index contributed by atoms with van der Waals surface area (Å²) >= 11 is 0. The Labute approximate surface area is 118 Å². The molecule has 5 heteroatoms. The van der Waals surface area contributed by atoms with Crippen molar-refractivity contribution in [2.45, 2.75) is 39.2 Å². The summed E-state index contributed by atoms with van der Waals surface area (Å²) in [4.78, 5) is 5.06. The third-order valence-corrected chi connectivity index (χ3v) is 6.37. The van der Waals surface area contributed by atoms with Gasteiger partial charge in [0.25, 0.3) is 0 Å². The average molecular weight is 288 g/mol. The first-order valence-corrected chi connectivity index (χ1v) is 9.45. The first-order valence-electron chi connectivity index (χ1n) is 7.63. The second kappa shape index (κ2) is 6.55. The number of hydrogen-bond donors (Lipinski definition) is 0. The largest absolute Gasteiger partial charge is 0.302 e.